The summed E-state index contributed by atoms with van der Waals surface area (Å²) in [5.74, 6) is 2.43. The molecule has 1 atom stereocenters. The predicted molar refractivity (Wildman–Crippen MR) is 98.4 cm³/mol. The van der Waals surface area contributed by atoms with Gasteiger partial charge in [-0.05, 0) is 25.3 Å². The summed E-state index contributed by atoms with van der Waals surface area (Å²) in [5, 5.41) is 3.26. The van der Waals surface area contributed by atoms with Crippen LogP contribution in [0.5, 0.6) is 0 Å². The fraction of sp³-hybridized carbons (Fsp3) is 0.643. The van der Waals surface area contributed by atoms with Crippen molar-refractivity contribution in [1.82, 2.24) is 10.2 Å². The number of aryl methyl sites for hydroxylation is 1. The van der Waals surface area contributed by atoms with Gasteiger partial charge < -0.3 is 14.6 Å². The molecule has 0 radical (unpaired) electrons. The third-order valence-corrected chi connectivity index (χ3v) is 5.66. The number of guanidine groups is 1. The van der Waals surface area contributed by atoms with Crippen LogP contribution in [0.3, 0.4) is 0 Å². The van der Waals surface area contributed by atoms with Gasteiger partial charge in [-0.25, -0.2) is 8.42 Å². The highest BCUT2D eigenvalue weighted by Crippen LogP contribution is 2.17. The van der Waals surface area contributed by atoms with Gasteiger partial charge in [-0.15, -0.1) is 24.0 Å². The van der Waals surface area contributed by atoms with Crippen molar-refractivity contribution in [3.05, 3.63) is 23.7 Å². The molecule has 8 heteroatoms. The number of furan rings is 1. The summed E-state index contributed by atoms with van der Waals surface area (Å²) in [4.78, 5) is 6.25. The number of sulfone groups is 1. The Morgan fingerprint density at radius 3 is 2.77 bits per heavy atom. The summed E-state index contributed by atoms with van der Waals surface area (Å²) in [6.07, 6.45) is 2.41. The first-order valence-electron chi connectivity index (χ1n) is 7.06. The lowest BCUT2D eigenvalue weighted by molar-refractivity contribution is 0.454. The fourth-order valence-electron chi connectivity index (χ4n) is 2.56. The van der Waals surface area contributed by atoms with Gasteiger partial charge in [0.15, 0.2) is 15.8 Å². The van der Waals surface area contributed by atoms with Crippen molar-refractivity contribution in [2.24, 2.45) is 10.9 Å². The van der Waals surface area contributed by atoms with Gasteiger partial charge >= 0.3 is 0 Å². The van der Waals surface area contributed by atoms with Gasteiger partial charge in [-0.3, -0.25) is 4.99 Å². The van der Waals surface area contributed by atoms with Gasteiger partial charge in [0, 0.05) is 32.7 Å². The molecule has 1 aliphatic rings. The van der Waals surface area contributed by atoms with Crippen molar-refractivity contribution >= 4 is 39.8 Å². The summed E-state index contributed by atoms with van der Waals surface area (Å²) >= 11 is 0. The number of rotatable bonds is 4. The number of aliphatic imine (C=N–C) groups is 1. The molecule has 0 amide bonds. The Hall–Kier alpha value is -0.770. The molecule has 1 aromatic heterocycles. The molecule has 1 N–H and O–H groups in total. The van der Waals surface area contributed by atoms with Gasteiger partial charge in [0.05, 0.1) is 17.8 Å². The van der Waals surface area contributed by atoms with Crippen LogP contribution in [0, 0.1) is 12.8 Å². The highest BCUT2D eigenvalue weighted by atomic mass is 127. The van der Waals surface area contributed by atoms with Crippen LogP contribution >= 0.6 is 24.0 Å². The number of hydrogen-bond acceptors (Lipinski definition) is 4. The summed E-state index contributed by atoms with van der Waals surface area (Å²) < 4.78 is 28.2. The average Bonchev–Trinajstić information content (AvgIpc) is 2.97. The third-order valence-electron chi connectivity index (χ3n) is 3.82. The molecule has 1 saturated heterocycles. The molecule has 22 heavy (non-hydrogen) atoms. The molecule has 0 aromatic carbocycles. The second-order valence-electron chi connectivity index (χ2n) is 5.56. The van der Waals surface area contributed by atoms with Crippen molar-refractivity contribution in [2.45, 2.75) is 19.9 Å². The van der Waals surface area contributed by atoms with E-state index in [2.05, 4.69) is 10.3 Å². The molecule has 1 unspecified atom stereocenters. The van der Waals surface area contributed by atoms with E-state index < -0.39 is 9.84 Å². The summed E-state index contributed by atoms with van der Waals surface area (Å²) in [6, 6.07) is 1.95. The van der Waals surface area contributed by atoms with E-state index >= 15 is 0 Å². The lowest BCUT2D eigenvalue weighted by Gasteiger charge is -2.23. The minimum atomic E-state index is -2.82. The molecule has 0 aliphatic carbocycles. The van der Waals surface area contributed by atoms with Gasteiger partial charge in [-0.1, -0.05) is 0 Å². The van der Waals surface area contributed by atoms with Crippen LogP contribution in [-0.4, -0.2) is 51.4 Å². The molecule has 6 nitrogen and oxygen atoms in total. The van der Waals surface area contributed by atoms with Gasteiger partial charge in [0.25, 0.3) is 0 Å². The first-order valence-corrected chi connectivity index (χ1v) is 8.88. The Morgan fingerprint density at radius 1 is 1.55 bits per heavy atom. The highest BCUT2D eigenvalue weighted by Gasteiger charge is 2.27. The van der Waals surface area contributed by atoms with Crippen LogP contribution in [0.4, 0.5) is 0 Å². The summed E-state index contributed by atoms with van der Waals surface area (Å²) in [6.45, 7) is 3.27. The highest BCUT2D eigenvalue weighted by molar-refractivity contribution is 14.0. The largest absolute Gasteiger partial charge is 0.469 e. The van der Waals surface area contributed by atoms with Gasteiger partial charge in [0.1, 0.15) is 5.76 Å². The normalized spacial score (nSPS) is 20.5. The average molecular weight is 441 g/mol. The van der Waals surface area contributed by atoms with E-state index in [-0.39, 0.29) is 35.6 Å². The van der Waals surface area contributed by atoms with E-state index in [1.165, 1.54) is 0 Å². The van der Waals surface area contributed by atoms with Crippen molar-refractivity contribution in [3.63, 3.8) is 0 Å². The number of hydrogen-bond donors (Lipinski definition) is 1. The quantitative estimate of drug-likeness (QED) is 0.437. The molecule has 2 rings (SSSR count). The Labute approximate surface area is 149 Å². The zero-order valence-electron chi connectivity index (χ0n) is 13.2. The first-order chi connectivity index (χ1) is 9.91. The van der Waals surface area contributed by atoms with Crippen molar-refractivity contribution in [2.75, 3.05) is 32.1 Å². The molecule has 0 spiro atoms. The SMILES string of the molecule is CN=C(NCC1CCS(=O)(=O)C1)N(C)Cc1ccoc1C.I. The number of halogens is 1. The molecular weight excluding hydrogens is 417 g/mol. The van der Waals surface area contributed by atoms with E-state index in [0.717, 1.165) is 23.7 Å². The van der Waals surface area contributed by atoms with Crippen molar-refractivity contribution < 1.29 is 12.8 Å². The zero-order valence-corrected chi connectivity index (χ0v) is 16.4. The Morgan fingerprint density at radius 2 is 2.27 bits per heavy atom. The molecule has 1 aromatic rings. The van der Waals surface area contributed by atoms with Crippen molar-refractivity contribution in [3.8, 4) is 0 Å². The standard InChI is InChI=1S/C14H23N3O3S.HI/c1-11-13(4-6-20-11)9-17(3)14(15-2)16-8-12-5-7-21(18,19)10-12;/h4,6,12H,5,7-10H2,1-3H3,(H,15,16);1H. The molecule has 2 heterocycles. The maximum absolute atomic E-state index is 11.5. The predicted octanol–water partition coefficient (Wildman–Crippen LogP) is 1.65. The first kappa shape index (κ1) is 19.3. The van der Waals surface area contributed by atoms with Crippen LogP contribution in [-0.2, 0) is 16.4 Å². The van der Waals surface area contributed by atoms with E-state index in [1.807, 2.05) is 24.9 Å². The molecular formula is C14H24IN3O3S. The topological polar surface area (TPSA) is 74.9 Å². The van der Waals surface area contributed by atoms with E-state index in [0.29, 0.717) is 18.8 Å². The maximum Gasteiger partial charge on any atom is 0.193 e. The van der Waals surface area contributed by atoms with Crippen LogP contribution in [0.25, 0.3) is 0 Å². The lowest BCUT2D eigenvalue weighted by atomic mass is 10.1. The molecule has 126 valence electrons. The number of nitrogens with zero attached hydrogens (tertiary/aromatic N) is 2. The van der Waals surface area contributed by atoms with Gasteiger partial charge in [-0.2, -0.15) is 0 Å². The maximum atomic E-state index is 11.5. The minimum Gasteiger partial charge on any atom is -0.469 e. The summed E-state index contributed by atoms with van der Waals surface area (Å²) in [5.41, 5.74) is 1.11. The van der Waals surface area contributed by atoms with E-state index in [9.17, 15) is 8.42 Å². The Bertz CT molecular complexity index is 613. The molecule has 0 bridgehead atoms. The molecule has 0 saturated carbocycles. The van der Waals surface area contributed by atoms with Crippen molar-refractivity contribution in [1.29, 1.82) is 0 Å². The second kappa shape index (κ2) is 8.19. The zero-order chi connectivity index (χ0) is 15.5. The molecule has 1 fully saturated rings. The fourth-order valence-corrected chi connectivity index (χ4v) is 4.42. The van der Waals surface area contributed by atoms with Crippen LogP contribution in [0.2, 0.25) is 0 Å². The van der Waals surface area contributed by atoms with Crippen LogP contribution in [0.15, 0.2) is 21.7 Å². The van der Waals surface area contributed by atoms with Gasteiger partial charge in [0.2, 0.25) is 0 Å². The second-order valence-corrected chi connectivity index (χ2v) is 7.78. The Kier molecular flexibility index (Phi) is 7.17. The third kappa shape index (κ3) is 5.15. The number of nitrogens with one attached hydrogen (secondary N) is 1. The minimum absolute atomic E-state index is 0. The van der Waals surface area contributed by atoms with E-state index in [4.69, 9.17) is 4.42 Å². The van der Waals surface area contributed by atoms with Crippen LogP contribution in [0.1, 0.15) is 17.7 Å². The summed E-state index contributed by atoms with van der Waals surface area (Å²) in [7, 11) is 0.857. The van der Waals surface area contributed by atoms with Crippen LogP contribution < -0.4 is 5.32 Å². The van der Waals surface area contributed by atoms with E-state index in [1.54, 1.807) is 13.3 Å². The lowest BCUT2D eigenvalue weighted by Crippen LogP contribution is -2.40. The molecule has 1 aliphatic heterocycles. The Balaban J connectivity index is 0.00000242. The monoisotopic (exact) mass is 441 g/mol. The smallest absolute Gasteiger partial charge is 0.193 e.